The van der Waals surface area contributed by atoms with E-state index in [-0.39, 0.29) is 10.9 Å². The fraction of sp³-hybridized carbons (Fsp3) is 0.647. The molecule has 1 atom stereocenters. The minimum Gasteiger partial charge on any atom is -0.379 e. The van der Waals surface area contributed by atoms with Crippen molar-refractivity contribution in [1.29, 1.82) is 0 Å². The van der Waals surface area contributed by atoms with Gasteiger partial charge in [0, 0.05) is 30.7 Å². The Kier molecular flexibility index (Phi) is 7.07. The van der Waals surface area contributed by atoms with Gasteiger partial charge in [-0.15, -0.1) is 0 Å². The lowest BCUT2D eigenvalue weighted by Crippen LogP contribution is -2.49. The van der Waals surface area contributed by atoms with Crippen molar-refractivity contribution in [2.24, 2.45) is 5.92 Å². The summed E-state index contributed by atoms with van der Waals surface area (Å²) in [7, 11) is -3.58. The smallest absolute Gasteiger partial charge is 0.240 e. The van der Waals surface area contributed by atoms with Gasteiger partial charge in [0.25, 0.3) is 0 Å². The summed E-state index contributed by atoms with van der Waals surface area (Å²) in [5, 5.41) is 0.463. The number of ether oxygens (including phenoxy) is 1. The number of hydrogen-bond acceptors (Lipinski definition) is 4. The lowest BCUT2D eigenvalue weighted by molar-refractivity contribution is 0.0134. The average molecular weight is 375 g/mol. The fourth-order valence-corrected chi connectivity index (χ4v) is 4.58. The first-order chi connectivity index (χ1) is 11.3. The molecule has 136 valence electrons. The monoisotopic (exact) mass is 374 g/mol. The highest BCUT2D eigenvalue weighted by atomic mass is 35.5. The van der Waals surface area contributed by atoms with Crippen LogP contribution in [0.25, 0.3) is 0 Å². The lowest BCUT2D eigenvalue weighted by atomic mass is 10.0. The van der Waals surface area contributed by atoms with Crippen LogP contribution in [0.3, 0.4) is 0 Å². The van der Waals surface area contributed by atoms with Crippen molar-refractivity contribution < 1.29 is 13.2 Å². The largest absolute Gasteiger partial charge is 0.379 e. The van der Waals surface area contributed by atoms with E-state index < -0.39 is 10.0 Å². The Balaban J connectivity index is 2.10. The highest BCUT2D eigenvalue weighted by Crippen LogP contribution is 2.23. The number of benzene rings is 1. The molecule has 0 bridgehead atoms. The van der Waals surface area contributed by atoms with Gasteiger partial charge in [0.2, 0.25) is 10.0 Å². The molecule has 0 radical (unpaired) electrons. The second-order valence-electron chi connectivity index (χ2n) is 6.65. The zero-order valence-electron chi connectivity index (χ0n) is 14.6. The van der Waals surface area contributed by atoms with Gasteiger partial charge in [0.1, 0.15) is 0 Å². The minimum atomic E-state index is -3.58. The van der Waals surface area contributed by atoms with E-state index in [1.165, 1.54) is 0 Å². The Morgan fingerprint density at radius 1 is 1.29 bits per heavy atom. The average Bonchev–Trinajstić information content (AvgIpc) is 2.54. The molecule has 0 saturated carbocycles. The van der Waals surface area contributed by atoms with E-state index in [0.717, 1.165) is 19.5 Å². The third-order valence-corrected chi connectivity index (χ3v) is 6.30. The molecule has 1 aromatic carbocycles. The van der Waals surface area contributed by atoms with Gasteiger partial charge < -0.3 is 4.74 Å². The van der Waals surface area contributed by atoms with Crippen LogP contribution in [0.15, 0.2) is 23.1 Å². The summed E-state index contributed by atoms with van der Waals surface area (Å²) in [6.07, 6.45) is 0.942. The maximum Gasteiger partial charge on any atom is 0.240 e. The van der Waals surface area contributed by atoms with E-state index in [9.17, 15) is 8.42 Å². The molecule has 1 unspecified atom stereocenters. The molecule has 1 heterocycles. The summed E-state index contributed by atoms with van der Waals surface area (Å²) in [6, 6.07) is 5.13. The van der Waals surface area contributed by atoms with Crippen LogP contribution >= 0.6 is 11.6 Å². The highest BCUT2D eigenvalue weighted by Gasteiger charge is 2.25. The maximum absolute atomic E-state index is 12.7. The number of nitrogens with zero attached hydrogens (tertiary/aromatic N) is 1. The fourth-order valence-electron chi connectivity index (χ4n) is 3.01. The Morgan fingerprint density at radius 2 is 1.96 bits per heavy atom. The van der Waals surface area contributed by atoms with Crippen molar-refractivity contribution in [3.8, 4) is 0 Å². The Hall–Kier alpha value is -0.660. The second-order valence-corrected chi connectivity index (χ2v) is 8.79. The number of morpholine rings is 1. The number of hydrogen-bond donors (Lipinski definition) is 1. The summed E-state index contributed by atoms with van der Waals surface area (Å²) >= 11 is 6.06. The predicted molar refractivity (Wildman–Crippen MR) is 97.0 cm³/mol. The molecule has 0 spiro atoms. The van der Waals surface area contributed by atoms with Gasteiger partial charge in [-0.3, -0.25) is 4.90 Å². The molecule has 1 saturated heterocycles. The third-order valence-electron chi connectivity index (χ3n) is 4.32. The van der Waals surface area contributed by atoms with Crippen LogP contribution in [-0.2, 0) is 14.8 Å². The molecule has 1 N–H and O–H groups in total. The van der Waals surface area contributed by atoms with E-state index in [0.29, 0.717) is 36.3 Å². The summed E-state index contributed by atoms with van der Waals surface area (Å²) in [4.78, 5) is 2.57. The van der Waals surface area contributed by atoms with E-state index in [1.54, 1.807) is 25.1 Å². The minimum absolute atomic E-state index is 0.170. The van der Waals surface area contributed by atoms with Crippen LogP contribution in [0, 0.1) is 12.8 Å². The van der Waals surface area contributed by atoms with Gasteiger partial charge in [0.05, 0.1) is 18.1 Å². The number of nitrogens with one attached hydrogen (secondary N) is 1. The van der Waals surface area contributed by atoms with Crippen molar-refractivity contribution in [3.05, 3.63) is 28.8 Å². The molecule has 7 heteroatoms. The first-order valence-corrected chi connectivity index (χ1v) is 10.2. The van der Waals surface area contributed by atoms with Crippen LogP contribution in [0.1, 0.15) is 25.8 Å². The molecule has 2 rings (SSSR count). The molecular formula is C17H27ClN2O3S. The van der Waals surface area contributed by atoms with Gasteiger partial charge in [-0.2, -0.15) is 0 Å². The highest BCUT2D eigenvalue weighted by molar-refractivity contribution is 7.89. The molecule has 1 fully saturated rings. The van der Waals surface area contributed by atoms with Gasteiger partial charge in [-0.1, -0.05) is 31.5 Å². The van der Waals surface area contributed by atoms with Crippen LogP contribution < -0.4 is 4.72 Å². The topological polar surface area (TPSA) is 58.6 Å². The van der Waals surface area contributed by atoms with Gasteiger partial charge in [-0.05, 0) is 37.0 Å². The number of sulfonamides is 1. The maximum atomic E-state index is 12.7. The van der Waals surface area contributed by atoms with Crippen molar-refractivity contribution in [2.45, 2.75) is 38.1 Å². The Morgan fingerprint density at radius 3 is 2.58 bits per heavy atom. The first-order valence-electron chi connectivity index (χ1n) is 8.38. The molecule has 0 amide bonds. The summed E-state index contributed by atoms with van der Waals surface area (Å²) in [5.74, 6) is 0.496. The van der Waals surface area contributed by atoms with E-state index in [1.807, 2.05) is 0 Å². The standard InChI is InChI=1S/C17H27ClN2O3S/c1-13(2)11-15(20-7-9-23-10-8-20)12-19-24(21,22)17-6-4-5-16(18)14(17)3/h4-6,13,15,19H,7-12H2,1-3H3. The van der Waals surface area contributed by atoms with Crippen molar-refractivity contribution in [1.82, 2.24) is 9.62 Å². The van der Waals surface area contributed by atoms with Gasteiger partial charge >= 0.3 is 0 Å². The molecule has 0 aliphatic carbocycles. The van der Waals surface area contributed by atoms with Crippen molar-refractivity contribution in [2.75, 3.05) is 32.8 Å². The Bertz CT molecular complexity index is 643. The van der Waals surface area contributed by atoms with E-state index >= 15 is 0 Å². The number of halogens is 1. The van der Waals surface area contributed by atoms with E-state index in [4.69, 9.17) is 16.3 Å². The normalized spacial score (nSPS) is 18.0. The zero-order chi connectivity index (χ0) is 17.7. The molecular weight excluding hydrogens is 348 g/mol. The molecule has 1 aliphatic rings. The van der Waals surface area contributed by atoms with Crippen LogP contribution in [-0.4, -0.2) is 52.2 Å². The van der Waals surface area contributed by atoms with Crippen molar-refractivity contribution in [3.63, 3.8) is 0 Å². The summed E-state index contributed by atoms with van der Waals surface area (Å²) in [5.41, 5.74) is 0.582. The van der Waals surface area contributed by atoms with Crippen LogP contribution in [0.5, 0.6) is 0 Å². The first kappa shape index (κ1) is 19.7. The van der Waals surface area contributed by atoms with Crippen molar-refractivity contribution >= 4 is 21.6 Å². The summed E-state index contributed by atoms with van der Waals surface area (Å²) < 4.78 is 33.5. The molecule has 1 aromatic rings. The quantitative estimate of drug-likeness (QED) is 0.797. The molecule has 1 aliphatic heterocycles. The lowest BCUT2D eigenvalue weighted by Gasteiger charge is -2.35. The molecule has 24 heavy (non-hydrogen) atoms. The molecule has 0 aromatic heterocycles. The van der Waals surface area contributed by atoms with Gasteiger partial charge in [-0.25, -0.2) is 13.1 Å². The number of rotatable bonds is 7. The van der Waals surface area contributed by atoms with Gasteiger partial charge in [0.15, 0.2) is 0 Å². The summed E-state index contributed by atoms with van der Waals surface area (Å²) in [6.45, 7) is 9.52. The zero-order valence-corrected chi connectivity index (χ0v) is 16.2. The van der Waals surface area contributed by atoms with Crippen LogP contribution in [0.2, 0.25) is 5.02 Å². The molecule has 5 nitrogen and oxygen atoms in total. The Labute approximate surface area is 150 Å². The SMILES string of the molecule is Cc1c(Cl)cccc1S(=O)(=O)NCC(CC(C)C)N1CCOCC1. The predicted octanol–water partition coefficient (Wildman–Crippen LogP) is 2.67. The third kappa shape index (κ3) is 5.17. The van der Waals surface area contributed by atoms with E-state index in [2.05, 4.69) is 23.5 Å². The second kappa shape index (κ2) is 8.63. The van der Waals surface area contributed by atoms with Crippen LogP contribution in [0.4, 0.5) is 0 Å².